The number of sulfonamides is 1. The van der Waals surface area contributed by atoms with E-state index in [1.165, 1.54) is 23.5 Å². The van der Waals surface area contributed by atoms with E-state index < -0.39 is 16.0 Å². The molecule has 0 atom stereocenters. The van der Waals surface area contributed by atoms with Gasteiger partial charge in [-0.05, 0) is 37.5 Å². The first-order valence-corrected chi connectivity index (χ1v) is 8.91. The number of carboxylic acids is 1. The Morgan fingerprint density at radius 1 is 1.33 bits per heavy atom. The van der Waals surface area contributed by atoms with Crippen molar-refractivity contribution in [2.24, 2.45) is 0 Å². The predicted molar refractivity (Wildman–Crippen MR) is 85.2 cm³/mol. The average molecular weight is 378 g/mol. The molecule has 0 spiro atoms. The van der Waals surface area contributed by atoms with Crippen molar-refractivity contribution in [2.75, 3.05) is 7.05 Å². The highest BCUT2D eigenvalue weighted by Crippen LogP contribution is 2.27. The summed E-state index contributed by atoms with van der Waals surface area (Å²) in [5, 5.41) is 9.19. The van der Waals surface area contributed by atoms with Crippen LogP contribution in [0.1, 0.15) is 42.6 Å². The lowest BCUT2D eigenvalue weighted by atomic mass is 10.1. The van der Waals surface area contributed by atoms with Gasteiger partial charge in [-0.2, -0.15) is 4.31 Å². The number of nitrogens with zero attached hydrogens (tertiary/aromatic N) is 1. The van der Waals surface area contributed by atoms with Crippen LogP contribution in [0.3, 0.4) is 0 Å². The molecule has 7 heteroatoms. The van der Waals surface area contributed by atoms with Gasteiger partial charge in [-0.25, -0.2) is 13.2 Å². The fourth-order valence-corrected chi connectivity index (χ4v) is 4.36. The number of carboxylic acid groups (broad SMARTS) is 1. The number of hydrogen-bond donors (Lipinski definition) is 1. The molecule has 0 heterocycles. The minimum absolute atomic E-state index is 0.00762. The van der Waals surface area contributed by atoms with Crippen LogP contribution < -0.4 is 0 Å². The zero-order chi connectivity index (χ0) is 16.4. The van der Waals surface area contributed by atoms with Crippen molar-refractivity contribution in [3.8, 4) is 0 Å². The molecule has 21 heavy (non-hydrogen) atoms. The maximum atomic E-state index is 12.6. The van der Waals surface area contributed by atoms with Crippen LogP contribution >= 0.6 is 15.9 Å². The van der Waals surface area contributed by atoms with Gasteiger partial charge in [-0.3, -0.25) is 0 Å². The summed E-state index contributed by atoms with van der Waals surface area (Å²) in [5.41, 5.74) is 0.493. The molecular formula is C14H20BrNO4S. The van der Waals surface area contributed by atoms with Crippen molar-refractivity contribution in [1.82, 2.24) is 4.31 Å². The summed E-state index contributed by atoms with van der Waals surface area (Å²) in [4.78, 5) is 11.2. The topological polar surface area (TPSA) is 74.7 Å². The van der Waals surface area contributed by atoms with Crippen LogP contribution in [-0.2, 0) is 10.0 Å². The minimum atomic E-state index is -3.72. The Kier molecular flexibility index (Phi) is 5.95. The molecule has 1 aromatic rings. The van der Waals surface area contributed by atoms with E-state index in [2.05, 4.69) is 15.9 Å². The Morgan fingerprint density at radius 3 is 2.29 bits per heavy atom. The summed E-state index contributed by atoms with van der Waals surface area (Å²) < 4.78 is 27.1. The normalized spacial score (nSPS) is 12.1. The smallest absolute Gasteiger partial charge is 0.336 e. The zero-order valence-corrected chi connectivity index (χ0v) is 15.0. The molecule has 0 saturated carbocycles. The van der Waals surface area contributed by atoms with E-state index >= 15 is 0 Å². The third-order valence-corrected chi connectivity index (χ3v) is 6.39. The molecule has 5 nitrogen and oxygen atoms in total. The first kappa shape index (κ1) is 18.1. The van der Waals surface area contributed by atoms with Crippen molar-refractivity contribution in [1.29, 1.82) is 0 Å². The molecule has 1 N–H and O–H groups in total. The maximum absolute atomic E-state index is 12.6. The molecule has 0 amide bonds. The van der Waals surface area contributed by atoms with Crippen LogP contribution in [0.2, 0.25) is 0 Å². The van der Waals surface area contributed by atoms with Gasteiger partial charge in [-0.1, -0.05) is 29.8 Å². The van der Waals surface area contributed by atoms with E-state index in [9.17, 15) is 18.3 Å². The van der Waals surface area contributed by atoms with Crippen molar-refractivity contribution in [3.05, 3.63) is 27.7 Å². The Labute approximate surface area is 134 Å². The lowest BCUT2D eigenvalue weighted by Gasteiger charge is -2.26. The Balaban J connectivity index is 3.42. The van der Waals surface area contributed by atoms with Crippen molar-refractivity contribution in [2.45, 2.75) is 44.6 Å². The van der Waals surface area contributed by atoms with E-state index in [0.717, 1.165) is 0 Å². The van der Waals surface area contributed by atoms with Crippen molar-refractivity contribution in [3.63, 3.8) is 0 Å². The van der Waals surface area contributed by atoms with Crippen LogP contribution in [0.25, 0.3) is 0 Å². The largest absolute Gasteiger partial charge is 0.478 e. The van der Waals surface area contributed by atoms with Crippen molar-refractivity contribution >= 4 is 31.9 Å². The predicted octanol–water partition coefficient (Wildman–Crippen LogP) is 3.26. The molecule has 0 saturated heterocycles. The second-order valence-electron chi connectivity index (χ2n) is 4.87. The number of halogens is 1. The Morgan fingerprint density at radius 2 is 1.86 bits per heavy atom. The summed E-state index contributed by atoms with van der Waals surface area (Å²) in [6, 6.07) is 2.57. The zero-order valence-electron chi connectivity index (χ0n) is 12.6. The fourth-order valence-electron chi connectivity index (χ4n) is 2.19. The van der Waals surface area contributed by atoms with Crippen LogP contribution in [0.4, 0.5) is 0 Å². The van der Waals surface area contributed by atoms with E-state index in [1.807, 2.05) is 13.8 Å². The Hall–Kier alpha value is -0.920. The van der Waals surface area contributed by atoms with E-state index in [-0.39, 0.29) is 16.5 Å². The lowest BCUT2D eigenvalue weighted by Crippen LogP contribution is -2.36. The number of aromatic carboxylic acids is 1. The molecular weight excluding hydrogens is 358 g/mol. The molecule has 0 aliphatic heterocycles. The maximum Gasteiger partial charge on any atom is 0.336 e. The third-order valence-electron chi connectivity index (χ3n) is 3.68. The fraction of sp³-hybridized carbons (Fsp3) is 0.500. The molecule has 0 aromatic heterocycles. The molecule has 0 bridgehead atoms. The average Bonchev–Trinajstić information content (AvgIpc) is 2.42. The van der Waals surface area contributed by atoms with Crippen LogP contribution in [0.15, 0.2) is 21.5 Å². The van der Waals surface area contributed by atoms with Crippen molar-refractivity contribution < 1.29 is 18.3 Å². The number of carbonyl (C=O) groups is 1. The number of hydrogen-bond acceptors (Lipinski definition) is 3. The van der Waals surface area contributed by atoms with Gasteiger partial charge in [0.2, 0.25) is 10.0 Å². The molecule has 1 aromatic carbocycles. The first-order valence-electron chi connectivity index (χ1n) is 6.68. The molecule has 118 valence electrons. The quantitative estimate of drug-likeness (QED) is 0.825. The van der Waals surface area contributed by atoms with Crippen LogP contribution in [0, 0.1) is 6.92 Å². The summed E-state index contributed by atoms with van der Waals surface area (Å²) in [5.74, 6) is -1.14. The molecule has 0 fully saturated rings. The van der Waals surface area contributed by atoms with E-state index in [0.29, 0.717) is 22.9 Å². The van der Waals surface area contributed by atoms with Crippen LogP contribution in [0.5, 0.6) is 0 Å². The Bertz CT molecular complexity index is 639. The van der Waals surface area contributed by atoms with Gasteiger partial charge in [0.15, 0.2) is 0 Å². The summed E-state index contributed by atoms with van der Waals surface area (Å²) in [7, 11) is -2.19. The summed E-state index contributed by atoms with van der Waals surface area (Å²) in [6.07, 6.45) is 1.40. The monoisotopic (exact) mass is 377 g/mol. The van der Waals surface area contributed by atoms with Gasteiger partial charge in [0.1, 0.15) is 0 Å². The highest BCUT2D eigenvalue weighted by molar-refractivity contribution is 9.10. The molecule has 0 aliphatic carbocycles. The lowest BCUT2D eigenvalue weighted by molar-refractivity contribution is 0.0695. The second-order valence-corrected chi connectivity index (χ2v) is 7.73. The molecule has 0 unspecified atom stereocenters. The van der Waals surface area contributed by atoms with E-state index in [1.54, 1.807) is 6.92 Å². The highest BCUT2D eigenvalue weighted by Gasteiger charge is 2.28. The van der Waals surface area contributed by atoms with Gasteiger partial charge < -0.3 is 5.11 Å². The van der Waals surface area contributed by atoms with E-state index in [4.69, 9.17) is 0 Å². The van der Waals surface area contributed by atoms with Gasteiger partial charge in [0.25, 0.3) is 0 Å². The standard InChI is InChI=1S/C14H20BrNO4S/c1-5-10(6-2)16(4)21(19,20)11-7-12(14(17)18)9(3)13(15)8-11/h7-8,10H,5-6H2,1-4H3,(H,17,18). The summed E-state index contributed by atoms with van der Waals surface area (Å²) >= 11 is 3.23. The van der Waals surface area contributed by atoms with Gasteiger partial charge in [-0.15, -0.1) is 0 Å². The highest BCUT2D eigenvalue weighted by atomic mass is 79.9. The molecule has 0 radical (unpaired) electrons. The first-order chi connectivity index (χ1) is 9.66. The summed E-state index contributed by atoms with van der Waals surface area (Å²) in [6.45, 7) is 5.48. The third kappa shape index (κ3) is 3.64. The minimum Gasteiger partial charge on any atom is -0.478 e. The number of rotatable bonds is 6. The number of benzene rings is 1. The second kappa shape index (κ2) is 6.89. The molecule has 0 aliphatic rings. The SMILES string of the molecule is CCC(CC)N(C)S(=O)(=O)c1cc(Br)c(C)c(C(=O)O)c1. The van der Waals surface area contributed by atoms with Crippen LogP contribution in [-0.4, -0.2) is 36.9 Å². The van der Waals surface area contributed by atoms with Gasteiger partial charge >= 0.3 is 5.97 Å². The van der Waals surface area contributed by atoms with Gasteiger partial charge in [0.05, 0.1) is 10.5 Å². The molecule has 1 rings (SSSR count). The van der Waals surface area contributed by atoms with Gasteiger partial charge in [0, 0.05) is 17.6 Å².